The van der Waals surface area contributed by atoms with Crippen molar-refractivity contribution < 1.29 is 9.50 Å². The Kier molecular flexibility index (Phi) is 4.93. The molecule has 6 heteroatoms. The van der Waals surface area contributed by atoms with Gasteiger partial charge in [-0.3, -0.25) is 5.41 Å². The average Bonchev–Trinajstić information content (AvgIpc) is 2.75. The van der Waals surface area contributed by atoms with E-state index in [0.29, 0.717) is 5.69 Å². The van der Waals surface area contributed by atoms with Gasteiger partial charge in [0.15, 0.2) is 0 Å². The molecule has 18 heavy (non-hydrogen) atoms. The van der Waals surface area contributed by atoms with E-state index in [1.807, 2.05) is 4.90 Å². The van der Waals surface area contributed by atoms with Crippen molar-refractivity contribution in [3.63, 3.8) is 0 Å². The Labute approximate surface area is 112 Å². The number of halogens is 2. The maximum absolute atomic E-state index is 13.7. The van der Waals surface area contributed by atoms with E-state index in [4.69, 9.17) is 11.1 Å². The summed E-state index contributed by atoms with van der Waals surface area (Å²) in [6.07, 6.45) is 1.84. The van der Waals surface area contributed by atoms with Crippen molar-refractivity contribution in [1.29, 1.82) is 5.41 Å². The number of nitrogen functional groups attached to an aromatic ring is 1. The van der Waals surface area contributed by atoms with Gasteiger partial charge in [-0.1, -0.05) is 6.07 Å². The largest absolute Gasteiger partial charge is 0.394 e. The Bertz CT molecular complexity index is 441. The van der Waals surface area contributed by atoms with Crippen LogP contribution in [0.1, 0.15) is 18.4 Å². The zero-order chi connectivity index (χ0) is 12.4. The van der Waals surface area contributed by atoms with Crippen molar-refractivity contribution >= 4 is 23.9 Å². The Morgan fingerprint density at radius 1 is 1.56 bits per heavy atom. The van der Waals surface area contributed by atoms with Crippen molar-refractivity contribution in [2.75, 3.05) is 18.1 Å². The lowest BCUT2D eigenvalue weighted by molar-refractivity contribution is 0.266. The number of benzene rings is 1. The first-order valence-corrected chi connectivity index (χ1v) is 5.65. The van der Waals surface area contributed by atoms with Gasteiger partial charge in [0.1, 0.15) is 11.7 Å². The van der Waals surface area contributed by atoms with Crippen LogP contribution in [0.5, 0.6) is 0 Å². The molecule has 4 N–H and O–H groups in total. The van der Waals surface area contributed by atoms with E-state index in [2.05, 4.69) is 0 Å². The second-order valence-corrected chi connectivity index (χ2v) is 4.22. The third-order valence-electron chi connectivity index (χ3n) is 3.16. The molecule has 1 aromatic rings. The van der Waals surface area contributed by atoms with Crippen LogP contribution >= 0.6 is 12.4 Å². The van der Waals surface area contributed by atoms with Crippen LogP contribution < -0.4 is 10.6 Å². The maximum atomic E-state index is 13.7. The zero-order valence-electron chi connectivity index (χ0n) is 9.90. The van der Waals surface area contributed by atoms with E-state index in [-0.39, 0.29) is 36.5 Å². The summed E-state index contributed by atoms with van der Waals surface area (Å²) >= 11 is 0. The first-order chi connectivity index (χ1) is 8.15. The molecule has 0 radical (unpaired) electrons. The van der Waals surface area contributed by atoms with Crippen molar-refractivity contribution in [2.24, 2.45) is 5.73 Å². The van der Waals surface area contributed by atoms with Gasteiger partial charge in [-0.25, -0.2) is 4.39 Å². The Balaban J connectivity index is 0.00000162. The highest BCUT2D eigenvalue weighted by Crippen LogP contribution is 2.29. The number of hydrogen-bond acceptors (Lipinski definition) is 3. The van der Waals surface area contributed by atoms with Crippen molar-refractivity contribution in [2.45, 2.75) is 18.9 Å². The van der Waals surface area contributed by atoms with Crippen LogP contribution in [0.25, 0.3) is 0 Å². The number of aliphatic hydroxyl groups excluding tert-OH is 1. The molecule has 1 aromatic carbocycles. The number of nitrogens with two attached hydrogens (primary N) is 1. The molecule has 1 heterocycles. The van der Waals surface area contributed by atoms with Gasteiger partial charge in [-0.2, -0.15) is 0 Å². The minimum atomic E-state index is -0.487. The Hall–Kier alpha value is -1.33. The molecular formula is C12H17ClFN3O. The zero-order valence-corrected chi connectivity index (χ0v) is 10.7. The highest BCUT2D eigenvalue weighted by molar-refractivity contribution is 6.00. The molecule has 0 aliphatic carbocycles. The third kappa shape index (κ3) is 2.57. The number of hydrogen-bond donors (Lipinski definition) is 3. The molecule has 1 fully saturated rings. The summed E-state index contributed by atoms with van der Waals surface area (Å²) in [6.45, 7) is 0.794. The molecule has 2 rings (SSSR count). The topological polar surface area (TPSA) is 73.3 Å². The van der Waals surface area contributed by atoms with Gasteiger partial charge in [0, 0.05) is 6.54 Å². The lowest BCUT2D eigenvalue weighted by atomic mass is 10.1. The van der Waals surface area contributed by atoms with Gasteiger partial charge in [0.25, 0.3) is 0 Å². The molecule has 0 spiro atoms. The molecule has 100 valence electrons. The summed E-state index contributed by atoms with van der Waals surface area (Å²) < 4.78 is 13.7. The van der Waals surface area contributed by atoms with Gasteiger partial charge in [0.05, 0.1) is 23.9 Å². The normalized spacial score (nSPS) is 18.6. The fourth-order valence-corrected chi connectivity index (χ4v) is 2.36. The van der Waals surface area contributed by atoms with Gasteiger partial charge in [-0.05, 0) is 25.0 Å². The van der Waals surface area contributed by atoms with E-state index in [1.54, 1.807) is 12.1 Å². The van der Waals surface area contributed by atoms with E-state index < -0.39 is 5.82 Å². The Morgan fingerprint density at radius 3 is 2.89 bits per heavy atom. The van der Waals surface area contributed by atoms with Gasteiger partial charge < -0.3 is 15.7 Å². The monoisotopic (exact) mass is 273 g/mol. The van der Waals surface area contributed by atoms with Crippen LogP contribution in [0.2, 0.25) is 0 Å². The molecule has 1 atom stereocenters. The molecule has 1 saturated heterocycles. The molecule has 0 amide bonds. The fraction of sp³-hybridized carbons (Fsp3) is 0.417. The van der Waals surface area contributed by atoms with Crippen LogP contribution in [0.3, 0.4) is 0 Å². The molecule has 0 saturated carbocycles. The second-order valence-electron chi connectivity index (χ2n) is 4.22. The van der Waals surface area contributed by atoms with E-state index >= 15 is 0 Å². The molecule has 4 nitrogen and oxygen atoms in total. The van der Waals surface area contributed by atoms with Crippen LogP contribution in [0.15, 0.2) is 18.2 Å². The van der Waals surface area contributed by atoms with Crippen LogP contribution in [0, 0.1) is 11.2 Å². The van der Waals surface area contributed by atoms with Gasteiger partial charge >= 0.3 is 0 Å². The number of amidine groups is 1. The molecule has 0 aromatic heterocycles. The number of nitrogens with one attached hydrogen (secondary N) is 1. The SMILES string of the molecule is Cl.N=C(N)c1c(F)cccc1N1CCCC1CO. The lowest BCUT2D eigenvalue weighted by Gasteiger charge is -2.27. The standard InChI is InChI=1S/C12H16FN3O.ClH/c13-9-4-1-5-10(11(9)12(14)15)16-6-2-3-8(16)7-17;/h1,4-5,8,17H,2-3,6-7H2,(H3,14,15);1H. The quantitative estimate of drug-likeness (QED) is 0.577. The first kappa shape index (κ1) is 14.7. The third-order valence-corrected chi connectivity index (χ3v) is 3.16. The number of rotatable bonds is 3. The number of aliphatic hydroxyl groups is 1. The van der Waals surface area contributed by atoms with Crippen molar-refractivity contribution in [1.82, 2.24) is 0 Å². The minimum Gasteiger partial charge on any atom is -0.394 e. The summed E-state index contributed by atoms with van der Waals surface area (Å²) in [6, 6.07) is 4.64. The van der Waals surface area contributed by atoms with Crippen molar-refractivity contribution in [3.8, 4) is 0 Å². The summed E-state index contributed by atoms with van der Waals surface area (Å²) in [5.74, 6) is -0.764. The van der Waals surface area contributed by atoms with E-state index in [9.17, 15) is 9.50 Å². The van der Waals surface area contributed by atoms with Crippen LogP contribution in [-0.2, 0) is 0 Å². The number of anilines is 1. The highest BCUT2D eigenvalue weighted by Gasteiger charge is 2.27. The summed E-state index contributed by atoms with van der Waals surface area (Å²) in [4.78, 5) is 1.93. The van der Waals surface area contributed by atoms with Crippen molar-refractivity contribution in [3.05, 3.63) is 29.6 Å². The summed E-state index contributed by atoms with van der Waals surface area (Å²) in [5.41, 5.74) is 6.16. The van der Waals surface area contributed by atoms with E-state index in [0.717, 1.165) is 19.4 Å². The minimum absolute atomic E-state index is 0. The number of nitrogens with zero attached hydrogens (tertiary/aromatic N) is 1. The van der Waals surface area contributed by atoms with Gasteiger partial charge in [-0.15, -0.1) is 12.4 Å². The molecule has 1 aliphatic heterocycles. The second kappa shape index (κ2) is 6.02. The smallest absolute Gasteiger partial charge is 0.136 e. The molecule has 1 unspecified atom stereocenters. The first-order valence-electron chi connectivity index (χ1n) is 5.65. The summed E-state index contributed by atoms with van der Waals surface area (Å²) in [7, 11) is 0. The van der Waals surface area contributed by atoms with Gasteiger partial charge in [0.2, 0.25) is 0 Å². The van der Waals surface area contributed by atoms with E-state index in [1.165, 1.54) is 6.07 Å². The Morgan fingerprint density at radius 2 is 2.28 bits per heavy atom. The average molecular weight is 274 g/mol. The molecular weight excluding hydrogens is 257 g/mol. The fourth-order valence-electron chi connectivity index (χ4n) is 2.36. The maximum Gasteiger partial charge on any atom is 0.136 e. The lowest BCUT2D eigenvalue weighted by Crippen LogP contribution is -2.34. The molecule has 1 aliphatic rings. The summed E-state index contributed by atoms with van der Waals surface area (Å²) in [5, 5.41) is 16.7. The highest BCUT2D eigenvalue weighted by atomic mass is 35.5. The van der Waals surface area contributed by atoms with Crippen LogP contribution in [0.4, 0.5) is 10.1 Å². The predicted octanol–water partition coefficient (Wildman–Crippen LogP) is 1.49. The molecule has 0 bridgehead atoms. The predicted molar refractivity (Wildman–Crippen MR) is 72.1 cm³/mol. The van der Waals surface area contributed by atoms with Crippen LogP contribution in [-0.4, -0.2) is 30.1 Å².